The van der Waals surface area contributed by atoms with Crippen LogP contribution in [0.3, 0.4) is 0 Å². The highest BCUT2D eigenvalue weighted by atomic mass is 35.5. The number of likely N-dealkylation sites (tertiary alicyclic amines) is 1. The number of amides is 1. The first-order valence-electron chi connectivity index (χ1n) is 11.3. The summed E-state index contributed by atoms with van der Waals surface area (Å²) in [5.41, 5.74) is 5.31. The lowest BCUT2D eigenvalue weighted by atomic mass is 9.87. The molecular formula is C25H27ClF3N3O2. The van der Waals surface area contributed by atoms with E-state index in [1.807, 2.05) is 19.1 Å². The fraction of sp³-hybridized carbons (Fsp3) is 0.440. The van der Waals surface area contributed by atoms with Crippen molar-refractivity contribution >= 4 is 28.4 Å². The predicted molar refractivity (Wildman–Crippen MR) is 127 cm³/mol. The maximum absolute atomic E-state index is 12.8. The first-order chi connectivity index (χ1) is 15.9. The van der Waals surface area contributed by atoms with E-state index in [1.54, 1.807) is 13.2 Å². The van der Waals surface area contributed by atoms with Crippen molar-refractivity contribution < 1.29 is 18.0 Å². The van der Waals surface area contributed by atoms with Crippen LogP contribution in [-0.2, 0) is 11.8 Å². The van der Waals surface area contributed by atoms with Crippen molar-refractivity contribution in [3.05, 3.63) is 56.5 Å². The number of halogens is 4. The molecule has 0 aliphatic carbocycles. The highest BCUT2D eigenvalue weighted by Gasteiger charge is 2.43. The molecule has 0 radical (unpaired) electrons. The summed E-state index contributed by atoms with van der Waals surface area (Å²) in [5, 5.41) is 1.23. The number of carbonyl (C=O) groups excluding carboxylic acids is 1. The Hall–Kier alpha value is -2.74. The van der Waals surface area contributed by atoms with E-state index in [9.17, 15) is 22.8 Å². The summed E-state index contributed by atoms with van der Waals surface area (Å²) in [5.74, 6) is -1.51. The molecule has 0 saturated carbocycles. The number of carbonyl (C=O) groups is 1. The molecule has 1 aliphatic rings. The molecule has 3 heterocycles. The third-order valence-electron chi connectivity index (χ3n) is 6.77. The monoisotopic (exact) mass is 493 g/mol. The van der Waals surface area contributed by atoms with E-state index in [0.29, 0.717) is 18.4 Å². The van der Waals surface area contributed by atoms with Crippen LogP contribution in [0.2, 0.25) is 5.02 Å². The van der Waals surface area contributed by atoms with Gasteiger partial charge in [-0.2, -0.15) is 13.2 Å². The summed E-state index contributed by atoms with van der Waals surface area (Å²) in [7, 11) is 1.67. The molecule has 0 unspecified atom stereocenters. The van der Waals surface area contributed by atoms with Gasteiger partial charge in [0, 0.05) is 42.8 Å². The Labute approximate surface area is 200 Å². The van der Waals surface area contributed by atoms with Gasteiger partial charge in [-0.1, -0.05) is 31.5 Å². The van der Waals surface area contributed by atoms with E-state index < -0.39 is 12.1 Å². The zero-order valence-corrected chi connectivity index (χ0v) is 20.3. The van der Waals surface area contributed by atoms with E-state index in [0.717, 1.165) is 38.2 Å². The number of nitrogens with zero attached hydrogens (tertiary/aromatic N) is 2. The normalized spacial score (nSPS) is 15.5. The highest BCUT2D eigenvalue weighted by Crippen LogP contribution is 2.40. The maximum atomic E-state index is 12.8. The number of pyridine rings is 1. The second-order valence-electron chi connectivity index (χ2n) is 9.34. The summed E-state index contributed by atoms with van der Waals surface area (Å²) in [4.78, 5) is 28.2. The third kappa shape index (κ3) is 4.24. The van der Waals surface area contributed by atoms with Crippen molar-refractivity contribution in [3.63, 3.8) is 0 Å². The quantitative estimate of drug-likeness (QED) is 0.495. The Morgan fingerprint density at radius 1 is 1.21 bits per heavy atom. The van der Waals surface area contributed by atoms with Gasteiger partial charge in [0.1, 0.15) is 5.02 Å². The number of aromatic nitrogens is 2. The van der Waals surface area contributed by atoms with Crippen molar-refractivity contribution in [3.8, 4) is 11.3 Å². The van der Waals surface area contributed by atoms with E-state index in [1.165, 1.54) is 4.57 Å². The number of aromatic amines is 1. The van der Waals surface area contributed by atoms with Gasteiger partial charge in [0.05, 0.1) is 5.69 Å². The van der Waals surface area contributed by atoms with Crippen LogP contribution >= 0.6 is 11.6 Å². The first-order valence-corrected chi connectivity index (χ1v) is 11.7. The number of H-pyrrole nitrogens is 1. The minimum Gasteiger partial charge on any atom is -0.354 e. The number of fused-ring (bicyclic) bond motifs is 1. The smallest absolute Gasteiger partial charge is 0.354 e. The fourth-order valence-electron chi connectivity index (χ4n) is 4.93. The van der Waals surface area contributed by atoms with Gasteiger partial charge in [-0.05, 0) is 60.4 Å². The van der Waals surface area contributed by atoms with Crippen LogP contribution in [0, 0.1) is 6.92 Å². The van der Waals surface area contributed by atoms with Gasteiger partial charge in [-0.25, -0.2) is 0 Å². The van der Waals surface area contributed by atoms with Crippen LogP contribution in [0.1, 0.15) is 55.2 Å². The second-order valence-corrected chi connectivity index (χ2v) is 9.71. The number of aryl methyl sites for hydroxylation is 1. The van der Waals surface area contributed by atoms with Crippen molar-refractivity contribution in [2.75, 3.05) is 13.1 Å². The maximum Gasteiger partial charge on any atom is 0.471 e. The Kier molecular flexibility index (Phi) is 6.31. The summed E-state index contributed by atoms with van der Waals surface area (Å²) in [6.45, 7) is 6.20. The summed E-state index contributed by atoms with van der Waals surface area (Å²) in [6, 6.07) is 6.10. The SMILES string of the molecule is Cc1c(-c2[nH]c3ccc(C4CCN(C(=O)C(F)(F)F)CC4)cc3c2C(C)C)cn(C)c(=O)c1Cl. The van der Waals surface area contributed by atoms with Crippen LogP contribution in [0.5, 0.6) is 0 Å². The van der Waals surface area contributed by atoms with Crippen molar-refractivity contribution in [1.82, 2.24) is 14.5 Å². The van der Waals surface area contributed by atoms with Gasteiger partial charge in [0.25, 0.3) is 5.56 Å². The molecular weight excluding hydrogens is 467 g/mol. The number of hydrogen-bond acceptors (Lipinski definition) is 2. The molecule has 0 atom stereocenters. The molecule has 182 valence electrons. The predicted octanol–water partition coefficient (Wildman–Crippen LogP) is 5.89. The lowest BCUT2D eigenvalue weighted by Crippen LogP contribution is -2.45. The topological polar surface area (TPSA) is 58.1 Å². The molecule has 1 fully saturated rings. The standard InChI is InChI=1S/C25H27ClF3N3O2/c1-13(2)20-17-11-16(15-7-9-32(10-8-15)24(34)25(27,28)29)5-6-19(17)30-22(20)18-12-31(4)23(33)21(26)14(18)3/h5-6,11-13,15,30H,7-10H2,1-4H3. The number of benzene rings is 1. The number of hydrogen-bond donors (Lipinski definition) is 1. The molecule has 0 bridgehead atoms. The Bertz CT molecular complexity index is 1320. The number of piperidine rings is 1. The average Bonchev–Trinajstić information content (AvgIpc) is 3.17. The van der Waals surface area contributed by atoms with Gasteiger partial charge < -0.3 is 14.5 Å². The van der Waals surface area contributed by atoms with Gasteiger partial charge in [0.15, 0.2) is 0 Å². The molecule has 3 aromatic rings. The van der Waals surface area contributed by atoms with Crippen molar-refractivity contribution in [2.24, 2.45) is 7.05 Å². The molecule has 1 amide bonds. The molecule has 1 N–H and O–H groups in total. The van der Waals surface area contributed by atoms with E-state index in [4.69, 9.17) is 11.6 Å². The zero-order valence-electron chi connectivity index (χ0n) is 19.5. The molecule has 2 aromatic heterocycles. The van der Waals surface area contributed by atoms with Crippen LogP contribution < -0.4 is 5.56 Å². The fourth-order valence-corrected chi connectivity index (χ4v) is 5.16. The van der Waals surface area contributed by atoms with Crippen LogP contribution in [-0.4, -0.2) is 39.6 Å². The molecule has 34 heavy (non-hydrogen) atoms. The van der Waals surface area contributed by atoms with Gasteiger partial charge in [-0.3, -0.25) is 9.59 Å². The Morgan fingerprint density at radius 3 is 2.44 bits per heavy atom. The Balaban J connectivity index is 1.72. The molecule has 1 aromatic carbocycles. The molecule has 0 spiro atoms. The molecule has 9 heteroatoms. The van der Waals surface area contributed by atoms with Crippen molar-refractivity contribution in [1.29, 1.82) is 0 Å². The number of nitrogens with one attached hydrogen (secondary N) is 1. The summed E-state index contributed by atoms with van der Waals surface area (Å²) < 4.78 is 39.8. The van der Waals surface area contributed by atoms with E-state index >= 15 is 0 Å². The van der Waals surface area contributed by atoms with E-state index in [2.05, 4.69) is 24.9 Å². The summed E-state index contributed by atoms with van der Waals surface area (Å²) in [6.07, 6.45) is -2.08. The minimum atomic E-state index is -4.83. The second kappa shape index (κ2) is 8.80. The van der Waals surface area contributed by atoms with Crippen LogP contribution in [0.4, 0.5) is 13.2 Å². The minimum absolute atomic E-state index is 0.0776. The largest absolute Gasteiger partial charge is 0.471 e. The lowest BCUT2D eigenvalue weighted by Gasteiger charge is -2.32. The van der Waals surface area contributed by atoms with Gasteiger partial charge >= 0.3 is 12.1 Å². The number of rotatable bonds is 3. The first kappa shape index (κ1) is 24.4. The van der Waals surface area contributed by atoms with Crippen LogP contribution in [0.25, 0.3) is 22.2 Å². The van der Waals surface area contributed by atoms with Gasteiger partial charge in [-0.15, -0.1) is 0 Å². The van der Waals surface area contributed by atoms with E-state index in [-0.39, 0.29) is 35.5 Å². The Morgan fingerprint density at radius 2 is 1.85 bits per heavy atom. The molecule has 1 saturated heterocycles. The summed E-state index contributed by atoms with van der Waals surface area (Å²) >= 11 is 6.31. The average molecular weight is 494 g/mol. The highest BCUT2D eigenvalue weighted by molar-refractivity contribution is 6.31. The molecule has 5 nitrogen and oxygen atoms in total. The van der Waals surface area contributed by atoms with Gasteiger partial charge in [0.2, 0.25) is 0 Å². The lowest BCUT2D eigenvalue weighted by molar-refractivity contribution is -0.186. The third-order valence-corrected chi connectivity index (χ3v) is 7.21. The molecule has 1 aliphatic heterocycles. The zero-order chi connectivity index (χ0) is 24.9. The number of alkyl halides is 3. The molecule has 4 rings (SSSR count). The van der Waals surface area contributed by atoms with Crippen LogP contribution in [0.15, 0.2) is 29.2 Å². The van der Waals surface area contributed by atoms with Crippen molar-refractivity contribution in [2.45, 2.75) is 51.6 Å².